The van der Waals surface area contributed by atoms with Crippen molar-refractivity contribution < 1.29 is 9.90 Å². The van der Waals surface area contributed by atoms with Crippen molar-refractivity contribution in [2.75, 3.05) is 0 Å². The van der Waals surface area contributed by atoms with Crippen LogP contribution in [0, 0.1) is 5.39 Å². The van der Waals surface area contributed by atoms with Crippen molar-refractivity contribution in [3.63, 3.8) is 0 Å². The first kappa shape index (κ1) is 8.94. The van der Waals surface area contributed by atoms with Crippen LogP contribution in [0.4, 0.5) is 5.69 Å². The van der Waals surface area contributed by atoms with E-state index in [1.807, 2.05) is 0 Å². The van der Waals surface area contributed by atoms with E-state index < -0.39 is 5.97 Å². The summed E-state index contributed by atoms with van der Waals surface area (Å²) in [6, 6.07) is 6.68. The van der Waals surface area contributed by atoms with Crippen molar-refractivity contribution in [3.8, 4) is 0 Å². The summed E-state index contributed by atoms with van der Waals surface area (Å²) >= 11 is 0. The Labute approximate surface area is 74.8 Å². The fourth-order valence-electron chi connectivity index (χ4n) is 0.881. The van der Waals surface area contributed by atoms with Crippen LogP contribution in [0.3, 0.4) is 0 Å². The maximum absolute atomic E-state index is 10.2. The largest absolute Gasteiger partial charge is 0.478 e. The summed E-state index contributed by atoms with van der Waals surface area (Å²) in [5.41, 5.74) is 0.910. The summed E-state index contributed by atoms with van der Waals surface area (Å²) in [7, 11) is 0. The van der Waals surface area contributed by atoms with Crippen LogP contribution in [0.15, 0.2) is 30.3 Å². The van der Waals surface area contributed by atoms with Gasteiger partial charge in [-0.05, 0) is 12.1 Å². The van der Waals surface area contributed by atoms with Crippen LogP contribution in [0.5, 0.6) is 0 Å². The highest BCUT2D eigenvalue weighted by Crippen LogP contribution is 2.19. The van der Waals surface area contributed by atoms with E-state index in [1.54, 1.807) is 24.3 Å². The molecule has 64 valence electrons. The molecule has 0 radical (unpaired) electrons. The molecule has 0 spiro atoms. The molecule has 4 nitrogen and oxygen atoms in total. The Kier molecular flexibility index (Phi) is 2.77. The van der Waals surface area contributed by atoms with Crippen LogP contribution < -0.4 is 0 Å². The van der Waals surface area contributed by atoms with Crippen LogP contribution in [0.1, 0.15) is 5.56 Å². The molecule has 1 aromatic rings. The van der Waals surface area contributed by atoms with Gasteiger partial charge >= 0.3 is 11.7 Å². The molecule has 0 aliphatic heterocycles. The fraction of sp³-hybridized carbons (Fsp3) is 0. The van der Waals surface area contributed by atoms with Gasteiger partial charge in [0.05, 0.1) is 5.56 Å². The maximum Gasteiger partial charge on any atom is 0.392 e. The predicted octanol–water partition coefficient (Wildman–Crippen LogP) is 2.27. The molecule has 0 saturated carbocycles. The monoisotopic (exact) mass is 175 g/mol. The molecule has 1 rings (SSSR count). The topological polar surface area (TPSA) is 65.5 Å². The third kappa shape index (κ3) is 2.42. The molecular weight excluding hydrogens is 168 g/mol. The summed E-state index contributed by atoms with van der Waals surface area (Å²) < 4.78 is 0. The lowest BCUT2D eigenvalue weighted by Crippen LogP contribution is -1.85. The average molecular weight is 175 g/mol. The van der Waals surface area contributed by atoms with Gasteiger partial charge in [0.2, 0.25) is 5.39 Å². The Balaban J connectivity index is 3.02. The van der Waals surface area contributed by atoms with Crippen LogP contribution in [0.25, 0.3) is 11.1 Å². The molecule has 1 N–H and O–H groups in total. The molecule has 1 aromatic carbocycles. The van der Waals surface area contributed by atoms with E-state index in [0.29, 0.717) is 11.3 Å². The number of benzene rings is 1. The minimum atomic E-state index is -1.03. The van der Waals surface area contributed by atoms with Crippen molar-refractivity contribution >= 4 is 17.7 Å². The van der Waals surface area contributed by atoms with Crippen LogP contribution in [0.2, 0.25) is 0 Å². The van der Waals surface area contributed by atoms with Gasteiger partial charge in [-0.1, -0.05) is 12.1 Å². The highest BCUT2D eigenvalue weighted by Gasteiger charge is 2.08. The van der Waals surface area contributed by atoms with E-state index in [0.717, 1.165) is 6.08 Å². The van der Waals surface area contributed by atoms with Gasteiger partial charge in [0.25, 0.3) is 0 Å². The first-order valence-electron chi connectivity index (χ1n) is 3.59. The Morgan fingerprint density at radius 1 is 1.46 bits per heavy atom. The number of carboxylic acid groups (broad SMARTS) is 1. The molecule has 0 aliphatic rings. The molecule has 0 bridgehead atoms. The predicted molar refractivity (Wildman–Crippen MR) is 47.9 cm³/mol. The van der Waals surface area contributed by atoms with Gasteiger partial charge in [-0.3, -0.25) is 0 Å². The molecular formula is C9H7N2O2+. The van der Waals surface area contributed by atoms with Gasteiger partial charge in [0.15, 0.2) is 4.98 Å². The number of nitrogens with zero attached hydrogens (tertiary/aromatic N) is 2. The Hall–Kier alpha value is -2.15. The lowest BCUT2D eigenvalue weighted by Gasteiger charge is -1.85. The molecule has 0 aromatic heterocycles. The normalized spacial score (nSPS) is 9.77. The first-order chi connectivity index (χ1) is 6.24. The summed E-state index contributed by atoms with van der Waals surface area (Å²) in [6.45, 7) is 0. The smallest absolute Gasteiger partial charge is 0.392 e. The highest BCUT2D eigenvalue weighted by molar-refractivity contribution is 5.86. The third-order valence-electron chi connectivity index (χ3n) is 1.45. The third-order valence-corrected chi connectivity index (χ3v) is 1.45. The van der Waals surface area contributed by atoms with E-state index >= 15 is 0 Å². The zero-order chi connectivity index (χ0) is 9.68. The van der Waals surface area contributed by atoms with Gasteiger partial charge in [-0.2, -0.15) is 0 Å². The minimum absolute atomic E-state index is 0.347. The number of carboxylic acids is 1. The zero-order valence-electron chi connectivity index (χ0n) is 6.71. The lowest BCUT2D eigenvalue weighted by atomic mass is 10.2. The van der Waals surface area contributed by atoms with Crippen molar-refractivity contribution in [1.82, 2.24) is 0 Å². The Morgan fingerprint density at radius 2 is 2.15 bits per heavy atom. The molecule has 0 atom stereocenters. The standard InChI is InChI=1S/C9H6N2O2/c10-11-8-4-2-1-3-7(8)5-6-9(12)13/h1-6H/p+1/b6-5+. The minimum Gasteiger partial charge on any atom is -0.478 e. The number of hydrogen-bond donors (Lipinski definition) is 1. The summed E-state index contributed by atoms with van der Waals surface area (Å²) in [5, 5.41) is 16.9. The zero-order valence-corrected chi connectivity index (χ0v) is 6.71. The van der Waals surface area contributed by atoms with Gasteiger partial charge in [-0.15, -0.1) is 0 Å². The van der Waals surface area contributed by atoms with E-state index in [4.69, 9.17) is 10.5 Å². The number of rotatable bonds is 2. The van der Waals surface area contributed by atoms with Crippen molar-refractivity contribution in [1.29, 1.82) is 5.39 Å². The van der Waals surface area contributed by atoms with E-state index in [9.17, 15) is 4.79 Å². The quantitative estimate of drug-likeness (QED) is 0.553. The van der Waals surface area contributed by atoms with Crippen LogP contribution in [-0.4, -0.2) is 11.1 Å². The van der Waals surface area contributed by atoms with E-state index in [2.05, 4.69) is 4.98 Å². The van der Waals surface area contributed by atoms with Crippen molar-refractivity contribution in [2.45, 2.75) is 0 Å². The van der Waals surface area contributed by atoms with Gasteiger partial charge in [0.1, 0.15) is 0 Å². The molecule has 13 heavy (non-hydrogen) atoms. The first-order valence-corrected chi connectivity index (χ1v) is 3.59. The highest BCUT2D eigenvalue weighted by atomic mass is 16.4. The van der Waals surface area contributed by atoms with Crippen molar-refractivity contribution in [3.05, 3.63) is 40.9 Å². The Bertz CT molecular complexity index is 391. The number of aliphatic carboxylic acids is 1. The molecule has 0 heterocycles. The van der Waals surface area contributed by atoms with E-state index in [1.165, 1.54) is 6.08 Å². The average Bonchev–Trinajstić information content (AvgIpc) is 2.15. The molecule has 0 amide bonds. The van der Waals surface area contributed by atoms with Crippen molar-refractivity contribution in [2.24, 2.45) is 0 Å². The maximum atomic E-state index is 10.2. The summed E-state index contributed by atoms with van der Waals surface area (Å²) in [4.78, 5) is 13.2. The number of diazo groups is 1. The second-order valence-corrected chi connectivity index (χ2v) is 2.33. The van der Waals surface area contributed by atoms with Gasteiger partial charge in [0, 0.05) is 12.1 Å². The molecule has 0 aliphatic carbocycles. The van der Waals surface area contributed by atoms with Crippen LogP contribution >= 0.6 is 0 Å². The fourth-order valence-corrected chi connectivity index (χ4v) is 0.881. The second-order valence-electron chi connectivity index (χ2n) is 2.33. The SMILES string of the molecule is N#[N+]c1ccccc1/C=C/C(=O)O. The van der Waals surface area contributed by atoms with Crippen LogP contribution in [-0.2, 0) is 4.79 Å². The summed E-state index contributed by atoms with van der Waals surface area (Å²) in [6.07, 6.45) is 2.36. The summed E-state index contributed by atoms with van der Waals surface area (Å²) in [5.74, 6) is -1.03. The molecule has 0 saturated heterocycles. The molecule has 0 fully saturated rings. The Morgan fingerprint density at radius 3 is 2.77 bits per heavy atom. The molecule has 4 heteroatoms. The lowest BCUT2D eigenvalue weighted by molar-refractivity contribution is -0.131. The van der Waals surface area contributed by atoms with E-state index in [-0.39, 0.29) is 0 Å². The van der Waals surface area contributed by atoms with Gasteiger partial charge in [-0.25, -0.2) is 4.79 Å². The van der Waals surface area contributed by atoms with Gasteiger partial charge < -0.3 is 5.11 Å². The second kappa shape index (κ2) is 4.02. The number of carbonyl (C=O) groups is 1. The molecule has 0 unspecified atom stereocenters. The number of hydrogen-bond acceptors (Lipinski definition) is 2.